The zero-order valence-electron chi connectivity index (χ0n) is 31.8. The van der Waals surface area contributed by atoms with Gasteiger partial charge in [0.05, 0.1) is 35.5 Å². The van der Waals surface area contributed by atoms with Crippen molar-refractivity contribution in [3.05, 3.63) is 110 Å². The Labute approximate surface area is 335 Å². The minimum Gasteiger partial charge on any atom is -0.371 e. The van der Waals surface area contributed by atoms with Gasteiger partial charge in [0.25, 0.3) is 11.8 Å². The van der Waals surface area contributed by atoms with Crippen LogP contribution in [0.1, 0.15) is 81.6 Å². The Hall–Kier alpha value is -5.82. The zero-order chi connectivity index (χ0) is 40.0. The summed E-state index contributed by atoms with van der Waals surface area (Å²) in [6.07, 6.45) is 3.98. The Morgan fingerprint density at radius 3 is 2.37 bits per heavy atom. The number of likely N-dealkylation sites (tertiary alicyclic amines) is 1. The number of imide groups is 2. The molecule has 4 aromatic rings. The molecule has 4 aliphatic rings. The van der Waals surface area contributed by atoms with E-state index in [0.717, 1.165) is 90.5 Å². The summed E-state index contributed by atoms with van der Waals surface area (Å²) in [6.45, 7) is 15.1. The molecule has 1 N–H and O–H groups in total. The average Bonchev–Trinajstić information content (AvgIpc) is 3.63. The Kier molecular flexibility index (Phi) is 10.4. The fourth-order valence-corrected chi connectivity index (χ4v) is 8.70. The van der Waals surface area contributed by atoms with Crippen LogP contribution in [0, 0.1) is 44.0 Å². The second-order valence-corrected chi connectivity index (χ2v) is 15.7. The van der Waals surface area contributed by atoms with Gasteiger partial charge in [-0.25, -0.2) is 9.24 Å². The highest BCUT2D eigenvalue weighted by atomic mass is 35.5. The van der Waals surface area contributed by atoms with Crippen molar-refractivity contribution in [2.24, 2.45) is 5.92 Å². The van der Waals surface area contributed by atoms with E-state index >= 15 is 4.39 Å². The Bertz CT molecular complexity index is 2430. The number of nitrogens with one attached hydrogen (secondary N) is 1. The first-order chi connectivity index (χ1) is 27.5. The van der Waals surface area contributed by atoms with Gasteiger partial charge in [0.15, 0.2) is 0 Å². The van der Waals surface area contributed by atoms with E-state index in [0.29, 0.717) is 34.4 Å². The van der Waals surface area contributed by atoms with Crippen LogP contribution in [-0.2, 0) is 16.1 Å². The number of carbonyl (C=O) groups excluding carboxylic acids is 4. The summed E-state index contributed by atoms with van der Waals surface area (Å²) in [6, 6.07) is 15.2. The fourth-order valence-electron chi connectivity index (χ4n) is 8.47. The molecule has 0 saturated carbocycles. The molecule has 57 heavy (non-hydrogen) atoms. The molecule has 4 amide bonds. The molecule has 1 atom stereocenters. The number of benzene rings is 3. The van der Waals surface area contributed by atoms with Crippen molar-refractivity contribution in [3.8, 4) is 23.1 Å². The number of halogens is 2. The monoisotopic (exact) mass is 785 g/mol. The van der Waals surface area contributed by atoms with Crippen LogP contribution in [0.5, 0.6) is 0 Å². The van der Waals surface area contributed by atoms with Crippen molar-refractivity contribution in [1.82, 2.24) is 24.9 Å². The smallest absolute Gasteiger partial charge is 0.262 e. The first-order valence-corrected chi connectivity index (χ1v) is 19.7. The number of carbonyl (C=O) groups is 4. The lowest BCUT2D eigenvalue weighted by Crippen LogP contribution is -2.54. The first-order valence-electron chi connectivity index (χ1n) is 19.3. The molecule has 3 saturated heterocycles. The zero-order valence-corrected chi connectivity index (χ0v) is 32.5. The van der Waals surface area contributed by atoms with Crippen LogP contribution in [0.4, 0.5) is 15.8 Å². The molecule has 3 fully saturated rings. The topological polar surface area (TPSA) is 112 Å². The Balaban J connectivity index is 0.831. The maximum atomic E-state index is 15.3. The summed E-state index contributed by atoms with van der Waals surface area (Å²) in [5.41, 5.74) is 6.59. The van der Waals surface area contributed by atoms with Gasteiger partial charge in [0.2, 0.25) is 17.5 Å². The molecule has 5 heterocycles. The lowest BCUT2D eigenvalue weighted by Gasteiger charge is -2.42. The van der Waals surface area contributed by atoms with Crippen LogP contribution in [-0.4, -0.2) is 81.5 Å². The van der Waals surface area contributed by atoms with Crippen molar-refractivity contribution >= 4 is 46.6 Å². The molecule has 11 nitrogen and oxygen atoms in total. The summed E-state index contributed by atoms with van der Waals surface area (Å²) >= 11 is 6.29. The number of piperidine rings is 3. The van der Waals surface area contributed by atoms with Crippen molar-refractivity contribution in [1.29, 1.82) is 0 Å². The number of rotatable bonds is 6. The van der Waals surface area contributed by atoms with Gasteiger partial charge in [-0.3, -0.25) is 34.1 Å². The maximum absolute atomic E-state index is 15.3. The van der Waals surface area contributed by atoms with Crippen molar-refractivity contribution in [2.75, 3.05) is 31.1 Å². The van der Waals surface area contributed by atoms with Gasteiger partial charge in [-0.05, 0) is 107 Å². The minimum atomic E-state index is -0.981. The Morgan fingerprint density at radius 1 is 0.912 bits per heavy atom. The number of fused-ring (bicyclic) bond motifs is 1. The number of hydrogen-bond donors (Lipinski definition) is 1. The van der Waals surface area contributed by atoms with Gasteiger partial charge in [0.1, 0.15) is 11.9 Å². The molecule has 0 spiro atoms. The largest absolute Gasteiger partial charge is 0.371 e. The lowest BCUT2D eigenvalue weighted by atomic mass is 9.93. The van der Waals surface area contributed by atoms with Crippen LogP contribution in [0.15, 0.2) is 54.6 Å². The fraction of sp³-hybridized carbons (Fsp3) is 0.364. The quantitative estimate of drug-likeness (QED) is 0.132. The molecular formula is C44H41ClFN7O4. The normalized spacial score (nSPS) is 19.3. The van der Waals surface area contributed by atoms with Crippen molar-refractivity contribution in [2.45, 2.75) is 71.0 Å². The van der Waals surface area contributed by atoms with Crippen LogP contribution in [0.2, 0.25) is 5.02 Å². The highest BCUT2D eigenvalue weighted by Gasteiger charge is 2.45. The van der Waals surface area contributed by atoms with Crippen LogP contribution >= 0.6 is 11.6 Å². The van der Waals surface area contributed by atoms with E-state index in [9.17, 15) is 19.2 Å². The Morgan fingerprint density at radius 2 is 1.67 bits per heavy atom. The predicted octanol–water partition coefficient (Wildman–Crippen LogP) is 6.69. The second-order valence-electron chi connectivity index (χ2n) is 15.3. The molecule has 3 aromatic carbocycles. The summed E-state index contributed by atoms with van der Waals surface area (Å²) in [5.74, 6) is 4.29. The average molecular weight is 786 g/mol. The van der Waals surface area contributed by atoms with Gasteiger partial charge < -0.3 is 9.80 Å². The number of amides is 4. The van der Waals surface area contributed by atoms with Gasteiger partial charge in [-0.1, -0.05) is 41.6 Å². The van der Waals surface area contributed by atoms with Crippen molar-refractivity contribution in [3.63, 3.8) is 0 Å². The number of nitrogens with zero attached hydrogens (tertiary/aromatic N) is 6. The van der Waals surface area contributed by atoms with E-state index < -0.39 is 29.7 Å². The lowest BCUT2D eigenvalue weighted by molar-refractivity contribution is -0.136. The molecule has 13 heteroatoms. The summed E-state index contributed by atoms with van der Waals surface area (Å²) in [7, 11) is 0. The predicted molar refractivity (Wildman–Crippen MR) is 213 cm³/mol. The van der Waals surface area contributed by atoms with Crippen molar-refractivity contribution < 1.29 is 23.6 Å². The molecular weight excluding hydrogens is 745 g/mol. The number of aromatic nitrogens is 2. The molecule has 0 aliphatic carbocycles. The van der Waals surface area contributed by atoms with Crippen LogP contribution in [0.3, 0.4) is 0 Å². The van der Waals surface area contributed by atoms with E-state index in [2.05, 4.69) is 31.8 Å². The van der Waals surface area contributed by atoms with E-state index in [1.54, 1.807) is 30.3 Å². The third-order valence-electron chi connectivity index (χ3n) is 11.9. The molecule has 4 aliphatic heterocycles. The molecule has 1 unspecified atom stereocenters. The van der Waals surface area contributed by atoms with E-state index in [-0.39, 0.29) is 30.1 Å². The molecule has 290 valence electrons. The van der Waals surface area contributed by atoms with E-state index in [1.165, 1.54) is 6.07 Å². The molecule has 8 rings (SSSR count). The summed E-state index contributed by atoms with van der Waals surface area (Å²) in [5, 5.41) is 7.42. The van der Waals surface area contributed by atoms with Gasteiger partial charge >= 0.3 is 0 Å². The minimum absolute atomic E-state index is 0.0848. The van der Waals surface area contributed by atoms with E-state index in [4.69, 9.17) is 23.3 Å². The third kappa shape index (κ3) is 7.43. The highest BCUT2D eigenvalue weighted by molar-refractivity contribution is 6.33. The molecule has 0 bridgehead atoms. The van der Waals surface area contributed by atoms with Crippen LogP contribution < -0.4 is 10.2 Å². The summed E-state index contributed by atoms with van der Waals surface area (Å²) < 4.78 is 17.2. The number of hydrogen-bond acceptors (Lipinski definition) is 7. The molecule has 1 aromatic heterocycles. The third-order valence-corrected chi connectivity index (χ3v) is 12.2. The first kappa shape index (κ1) is 38.1. The number of anilines is 1. The standard InChI is InChI=1S/C44H41ClFN7O4/c1-26-27(2)52(49-41(26)31-8-11-38(47-3)36(45)23-31)25-29-5-7-30(37(46)22-29)6-4-28-14-18-50(19-15-28)32-16-20-51(21-17-32)33-9-10-34-35(24-33)44(57)53(43(34)56)39-12-13-40(54)48-42(39)55/h5,7-11,22-24,28,32,39H,12-21,25H2,1-2H3,(H,48,54,55). The van der Waals surface area contributed by atoms with Gasteiger partial charge in [-0.15, -0.1) is 0 Å². The SMILES string of the molecule is [C-]#[N+]c1ccc(-c2nn(Cc3ccc(C#CC4CCN(C5CCN(c6ccc7c(c6)C(=O)N(C6CCC(=O)NC6=O)C7=O)CC5)CC4)c(F)c3)c(C)c2C)cc1Cl. The second kappa shape index (κ2) is 15.6. The highest BCUT2D eigenvalue weighted by Crippen LogP contribution is 2.34. The molecule has 0 radical (unpaired) electrons. The maximum Gasteiger partial charge on any atom is 0.262 e. The van der Waals surface area contributed by atoms with E-state index in [1.807, 2.05) is 36.7 Å². The van der Waals surface area contributed by atoms with Gasteiger partial charge in [0, 0.05) is 53.4 Å². The van der Waals surface area contributed by atoms with Crippen LogP contribution in [0.25, 0.3) is 16.1 Å². The van der Waals surface area contributed by atoms with Gasteiger partial charge in [-0.2, -0.15) is 5.10 Å². The summed E-state index contributed by atoms with van der Waals surface area (Å²) in [4.78, 5) is 59.7.